The molecule has 2 atom stereocenters. The zero-order valence-electron chi connectivity index (χ0n) is 16.3. The van der Waals surface area contributed by atoms with E-state index in [-0.39, 0.29) is 23.5 Å². The summed E-state index contributed by atoms with van der Waals surface area (Å²) in [4.78, 5) is 25.5. The highest BCUT2D eigenvalue weighted by Gasteiger charge is 2.38. The number of aryl methyl sites for hydroxylation is 1. The maximum Gasteiger partial charge on any atom is 0.225 e. The summed E-state index contributed by atoms with van der Waals surface area (Å²) in [6.45, 7) is 4.62. The molecule has 1 aliphatic carbocycles. The third-order valence-corrected chi connectivity index (χ3v) is 5.64. The average Bonchev–Trinajstić information content (AvgIpc) is 2.68. The van der Waals surface area contributed by atoms with E-state index in [1.807, 2.05) is 56.3 Å². The number of hydrogen-bond donors (Lipinski definition) is 1. The van der Waals surface area contributed by atoms with E-state index in [0.717, 1.165) is 33.7 Å². The van der Waals surface area contributed by atoms with Gasteiger partial charge in [-0.15, -0.1) is 0 Å². The first kappa shape index (κ1) is 18.5. The van der Waals surface area contributed by atoms with Gasteiger partial charge in [0.05, 0.1) is 6.61 Å². The van der Waals surface area contributed by atoms with Crippen LogP contribution in [0.2, 0.25) is 0 Å². The van der Waals surface area contributed by atoms with Gasteiger partial charge in [-0.3, -0.25) is 9.59 Å². The molecule has 0 saturated carbocycles. The summed E-state index contributed by atoms with van der Waals surface area (Å²) in [7, 11) is 0. The molecule has 4 heteroatoms. The van der Waals surface area contributed by atoms with Crippen LogP contribution >= 0.6 is 0 Å². The number of rotatable bonds is 4. The lowest BCUT2D eigenvalue weighted by molar-refractivity contribution is -0.122. The normalized spacial score (nSPS) is 21.9. The van der Waals surface area contributed by atoms with E-state index in [9.17, 15) is 9.59 Å². The fourth-order valence-corrected chi connectivity index (χ4v) is 4.37. The summed E-state index contributed by atoms with van der Waals surface area (Å²) >= 11 is 0. The lowest BCUT2D eigenvalue weighted by atomic mass is 9.73. The molecule has 1 aliphatic heterocycles. The van der Waals surface area contributed by atoms with Crippen molar-refractivity contribution in [2.45, 2.75) is 44.9 Å². The van der Waals surface area contributed by atoms with Gasteiger partial charge in [0, 0.05) is 30.0 Å². The minimum atomic E-state index is -0.141. The summed E-state index contributed by atoms with van der Waals surface area (Å²) in [6.07, 6.45) is 1.50. The molecule has 4 nitrogen and oxygen atoms in total. The topological polar surface area (TPSA) is 55.4 Å². The molecule has 144 valence electrons. The third kappa shape index (κ3) is 3.59. The van der Waals surface area contributed by atoms with Gasteiger partial charge in [-0.25, -0.2) is 0 Å². The van der Waals surface area contributed by atoms with Crippen molar-refractivity contribution >= 4 is 11.7 Å². The Morgan fingerprint density at radius 2 is 1.79 bits per heavy atom. The van der Waals surface area contributed by atoms with Crippen LogP contribution in [0.25, 0.3) is 0 Å². The summed E-state index contributed by atoms with van der Waals surface area (Å²) in [6, 6.07) is 16.1. The number of Topliss-reactive ketones (excluding diaryl/α,β-unsaturated/α-hetero) is 1. The Labute approximate surface area is 165 Å². The van der Waals surface area contributed by atoms with Crippen LogP contribution in [-0.2, 0) is 9.59 Å². The first-order chi connectivity index (χ1) is 13.5. The molecule has 2 aliphatic rings. The maximum absolute atomic E-state index is 13.1. The number of ketones is 1. The zero-order chi connectivity index (χ0) is 19.7. The molecular formula is C24H25NO3. The molecule has 1 amide bonds. The van der Waals surface area contributed by atoms with E-state index < -0.39 is 0 Å². The standard InChI is InChI=1S/C24H25NO3/c1-3-28-19-9-7-16(8-10-19)18-12-21-24(22(26)13-18)20(14-23(27)25-21)17-6-4-5-15(2)11-17/h4-11,18,20H,3,12-14H2,1-2H3,(H,25,27). The number of amides is 1. The van der Waals surface area contributed by atoms with Crippen LogP contribution in [-0.4, -0.2) is 18.3 Å². The van der Waals surface area contributed by atoms with E-state index in [0.29, 0.717) is 25.9 Å². The monoisotopic (exact) mass is 375 g/mol. The minimum Gasteiger partial charge on any atom is -0.494 e. The summed E-state index contributed by atoms with van der Waals surface area (Å²) in [5, 5.41) is 2.99. The molecule has 0 bridgehead atoms. The lowest BCUT2D eigenvalue weighted by Crippen LogP contribution is -2.38. The fraction of sp³-hybridized carbons (Fsp3) is 0.333. The first-order valence-corrected chi connectivity index (χ1v) is 9.90. The second-order valence-corrected chi connectivity index (χ2v) is 7.64. The minimum absolute atomic E-state index is 0.00889. The van der Waals surface area contributed by atoms with Crippen LogP contribution in [0.15, 0.2) is 59.8 Å². The number of allylic oxidation sites excluding steroid dienone is 2. The molecule has 1 N–H and O–H groups in total. The van der Waals surface area contributed by atoms with Crippen LogP contribution < -0.4 is 10.1 Å². The molecule has 28 heavy (non-hydrogen) atoms. The Balaban J connectivity index is 1.65. The lowest BCUT2D eigenvalue weighted by Gasteiger charge is -2.34. The first-order valence-electron chi connectivity index (χ1n) is 9.90. The molecule has 0 fully saturated rings. The van der Waals surface area contributed by atoms with E-state index in [1.165, 1.54) is 0 Å². The van der Waals surface area contributed by atoms with Crippen molar-refractivity contribution in [3.05, 3.63) is 76.5 Å². The zero-order valence-corrected chi connectivity index (χ0v) is 16.3. The Bertz CT molecular complexity index is 943. The summed E-state index contributed by atoms with van der Waals surface area (Å²) in [5.74, 6) is 0.909. The van der Waals surface area contributed by atoms with Crippen molar-refractivity contribution in [1.82, 2.24) is 5.32 Å². The maximum atomic E-state index is 13.1. The Kier molecular flexibility index (Phi) is 5.03. The molecule has 1 heterocycles. The average molecular weight is 375 g/mol. The largest absolute Gasteiger partial charge is 0.494 e. The van der Waals surface area contributed by atoms with Crippen LogP contribution in [0.4, 0.5) is 0 Å². The quantitative estimate of drug-likeness (QED) is 0.862. The van der Waals surface area contributed by atoms with E-state index in [2.05, 4.69) is 11.4 Å². The molecule has 0 aromatic heterocycles. The number of carbonyl (C=O) groups excluding carboxylic acids is 2. The highest BCUT2D eigenvalue weighted by molar-refractivity contribution is 6.02. The van der Waals surface area contributed by atoms with Crippen LogP contribution in [0.1, 0.15) is 54.7 Å². The molecule has 4 rings (SSSR count). The highest BCUT2D eigenvalue weighted by Crippen LogP contribution is 2.42. The molecule has 2 aromatic rings. The van der Waals surface area contributed by atoms with Crippen molar-refractivity contribution in [3.8, 4) is 5.75 Å². The van der Waals surface area contributed by atoms with Gasteiger partial charge in [-0.05, 0) is 49.4 Å². The third-order valence-electron chi connectivity index (χ3n) is 5.64. The summed E-state index contributed by atoms with van der Waals surface area (Å²) in [5.41, 5.74) is 4.90. The molecule has 0 radical (unpaired) electrons. The predicted molar refractivity (Wildman–Crippen MR) is 108 cm³/mol. The van der Waals surface area contributed by atoms with Gasteiger partial charge in [0.15, 0.2) is 5.78 Å². The van der Waals surface area contributed by atoms with Gasteiger partial charge in [0.25, 0.3) is 0 Å². The van der Waals surface area contributed by atoms with E-state index >= 15 is 0 Å². The highest BCUT2D eigenvalue weighted by atomic mass is 16.5. The van der Waals surface area contributed by atoms with Crippen molar-refractivity contribution in [3.63, 3.8) is 0 Å². The SMILES string of the molecule is CCOc1ccc(C2CC(=O)C3=C(C2)NC(=O)CC3c2cccc(C)c2)cc1. The van der Waals surface area contributed by atoms with Crippen molar-refractivity contribution in [1.29, 1.82) is 0 Å². The van der Waals surface area contributed by atoms with Gasteiger partial charge in [0.2, 0.25) is 5.91 Å². The van der Waals surface area contributed by atoms with Gasteiger partial charge in [0.1, 0.15) is 5.75 Å². The van der Waals surface area contributed by atoms with Crippen LogP contribution in [0.5, 0.6) is 5.75 Å². The molecular weight excluding hydrogens is 350 g/mol. The fourth-order valence-electron chi connectivity index (χ4n) is 4.37. The Morgan fingerprint density at radius 3 is 2.50 bits per heavy atom. The molecule has 2 unspecified atom stereocenters. The number of hydrogen-bond acceptors (Lipinski definition) is 3. The molecule has 0 saturated heterocycles. The number of benzene rings is 2. The van der Waals surface area contributed by atoms with Crippen LogP contribution in [0, 0.1) is 6.92 Å². The van der Waals surface area contributed by atoms with Crippen molar-refractivity contribution in [2.24, 2.45) is 0 Å². The van der Waals surface area contributed by atoms with Crippen LogP contribution in [0.3, 0.4) is 0 Å². The van der Waals surface area contributed by atoms with Gasteiger partial charge < -0.3 is 10.1 Å². The Hall–Kier alpha value is -2.88. The molecule has 2 aromatic carbocycles. The van der Waals surface area contributed by atoms with E-state index in [4.69, 9.17) is 4.74 Å². The predicted octanol–water partition coefficient (Wildman–Crippen LogP) is 4.40. The smallest absolute Gasteiger partial charge is 0.225 e. The van der Waals surface area contributed by atoms with E-state index in [1.54, 1.807) is 0 Å². The Morgan fingerprint density at radius 1 is 1.00 bits per heavy atom. The second kappa shape index (κ2) is 7.63. The van der Waals surface area contributed by atoms with Crippen molar-refractivity contribution in [2.75, 3.05) is 6.61 Å². The van der Waals surface area contributed by atoms with Gasteiger partial charge in [-0.1, -0.05) is 42.0 Å². The second-order valence-electron chi connectivity index (χ2n) is 7.64. The van der Waals surface area contributed by atoms with Gasteiger partial charge >= 0.3 is 0 Å². The summed E-state index contributed by atoms with van der Waals surface area (Å²) < 4.78 is 5.51. The van der Waals surface area contributed by atoms with Crippen molar-refractivity contribution < 1.29 is 14.3 Å². The molecule has 0 spiro atoms. The number of nitrogens with one attached hydrogen (secondary N) is 1. The number of ether oxygens (including phenoxy) is 1. The van der Waals surface area contributed by atoms with Gasteiger partial charge in [-0.2, -0.15) is 0 Å². The number of carbonyl (C=O) groups is 2.